The molecule has 1 aromatic heterocycles. The first kappa shape index (κ1) is 21.2. The second-order valence-electron chi connectivity index (χ2n) is 7.22. The van der Waals surface area contributed by atoms with E-state index in [1.807, 2.05) is 38.1 Å². The van der Waals surface area contributed by atoms with Crippen LogP contribution in [-0.2, 0) is 21.1 Å². The van der Waals surface area contributed by atoms with Gasteiger partial charge < -0.3 is 0 Å². The SMILES string of the molecule is Cc1cc(CC(=O)C(c2ccc(S(C)(=O)=O)cc2)c2ccc(Cl)cc2C)ccn1. The predicted octanol–water partition coefficient (Wildman–Crippen LogP) is 4.70. The molecule has 0 aliphatic rings. The zero-order chi connectivity index (χ0) is 21.2. The number of carbonyl (C=O) groups is 1. The molecule has 2 aromatic carbocycles. The molecule has 0 aliphatic carbocycles. The molecule has 0 bridgehead atoms. The third-order valence-electron chi connectivity index (χ3n) is 4.85. The van der Waals surface area contributed by atoms with E-state index in [1.165, 1.54) is 6.26 Å². The summed E-state index contributed by atoms with van der Waals surface area (Å²) >= 11 is 6.11. The molecule has 3 rings (SSSR count). The van der Waals surface area contributed by atoms with E-state index in [9.17, 15) is 13.2 Å². The number of benzene rings is 2. The number of halogens is 1. The van der Waals surface area contributed by atoms with E-state index in [0.717, 1.165) is 27.9 Å². The fraction of sp³-hybridized carbons (Fsp3) is 0.217. The highest BCUT2D eigenvalue weighted by molar-refractivity contribution is 7.90. The lowest BCUT2D eigenvalue weighted by molar-refractivity contribution is -0.119. The molecule has 3 aromatic rings. The number of rotatable bonds is 6. The predicted molar refractivity (Wildman–Crippen MR) is 115 cm³/mol. The van der Waals surface area contributed by atoms with Gasteiger partial charge in [-0.15, -0.1) is 0 Å². The van der Waals surface area contributed by atoms with E-state index < -0.39 is 15.8 Å². The Hall–Kier alpha value is -2.50. The lowest BCUT2D eigenvalue weighted by atomic mass is 9.83. The fourth-order valence-electron chi connectivity index (χ4n) is 3.43. The molecular formula is C23H22ClNO3S. The zero-order valence-electron chi connectivity index (χ0n) is 16.5. The van der Waals surface area contributed by atoms with Crippen LogP contribution in [0.25, 0.3) is 0 Å². The van der Waals surface area contributed by atoms with Crippen molar-refractivity contribution in [2.24, 2.45) is 0 Å². The molecule has 0 amide bonds. The smallest absolute Gasteiger partial charge is 0.175 e. The van der Waals surface area contributed by atoms with E-state index in [-0.39, 0.29) is 17.1 Å². The van der Waals surface area contributed by atoms with E-state index >= 15 is 0 Å². The summed E-state index contributed by atoms with van der Waals surface area (Å²) in [4.78, 5) is 17.8. The Labute approximate surface area is 176 Å². The summed E-state index contributed by atoms with van der Waals surface area (Å²) in [6.45, 7) is 3.81. The number of sulfone groups is 1. The average Bonchev–Trinajstić information content (AvgIpc) is 2.63. The van der Waals surface area contributed by atoms with Gasteiger partial charge in [-0.1, -0.05) is 29.8 Å². The van der Waals surface area contributed by atoms with Crippen LogP contribution < -0.4 is 0 Å². The number of Topliss-reactive ketones (excluding diaryl/α,β-unsaturated/α-hetero) is 1. The third kappa shape index (κ3) is 5.11. The maximum absolute atomic E-state index is 13.4. The van der Waals surface area contributed by atoms with Crippen LogP contribution in [0.3, 0.4) is 0 Å². The van der Waals surface area contributed by atoms with Gasteiger partial charge in [0.1, 0.15) is 5.78 Å². The molecule has 0 saturated carbocycles. The molecule has 0 fully saturated rings. The van der Waals surface area contributed by atoms with E-state index in [2.05, 4.69) is 4.98 Å². The molecule has 0 spiro atoms. The van der Waals surface area contributed by atoms with E-state index in [0.29, 0.717) is 5.02 Å². The largest absolute Gasteiger partial charge is 0.298 e. The highest BCUT2D eigenvalue weighted by atomic mass is 35.5. The minimum atomic E-state index is -3.31. The Bertz CT molecular complexity index is 1150. The first-order chi connectivity index (χ1) is 13.6. The van der Waals surface area contributed by atoms with Crippen molar-refractivity contribution in [1.82, 2.24) is 4.98 Å². The monoisotopic (exact) mass is 427 g/mol. The summed E-state index contributed by atoms with van der Waals surface area (Å²) in [6.07, 6.45) is 3.12. The van der Waals surface area contributed by atoms with E-state index in [4.69, 9.17) is 11.6 Å². The summed E-state index contributed by atoms with van der Waals surface area (Å²) in [7, 11) is -3.31. The fourth-order valence-corrected chi connectivity index (χ4v) is 4.28. The second-order valence-corrected chi connectivity index (χ2v) is 9.68. The van der Waals surface area contributed by atoms with Gasteiger partial charge in [0.25, 0.3) is 0 Å². The minimum Gasteiger partial charge on any atom is -0.298 e. The minimum absolute atomic E-state index is 0.0214. The molecule has 150 valence electrons. The third-order valence-corrected chi connectivity index (χ3v) is 6.21. The molecule has 1 atom stereocenters. The first-order valence-electron chi connectivity index (χ1n) is 9.15. The second kappa shape index (κ2) is 8.47. The van der Waals surface area contributed by atoms with Crippen LogP contribution in [0.2, 0.25) is 5.02 Å². The number of nitrogens with zero attached hydrogens (tertiary/aromatic N) is 1. The van der Waals surface area contributed by atoms with Crippen molar-refractivity contribution in [2.45, 2.75) is 31.1 Å². The van der Waals surface area contributed by atoms with Crippen LogP contribution in [-0.4, -0.2) is 25.4 Å². The number of aryl methyl sites for hydroxylation is 2. The highest BCUT2D eigenvalue weighted by Gasteiger charge is 2.25. The van der Waals surface area contributed by atoms with Crippen molar-refractivity contribution in [1.29, 1.82) is 0 Å². The summed E-state index contributed by atoms with van der Waals surface area (Å²) < 4.78 is 23.6. The summed E-state index contributed by atoms with van der Waals surface area (Å²) in [6, 6.07) is 15.7. The molecule has 6 heteroatoms. The summed E-state index contributed by atoms with van der Waals surface area (Å²) in [5, 5.41) is 0.606. The van der Waals surface area contributed by atoms with Gasteiger partial charge in [-0.25, -0.2) is 8.42 Å². The Balaban J connectivity index is 2.05. The van der Waals surface area contributed by atoms with Crippen molar-refractivity contribution in [3.63, 3.8) is 0 Å². The quantitative estimate of drug-likeness (QED) is 0.572. The Kier molecular flexibility index (Phi) is 6.20. The van der Waals surface area contributed by atoms with Gasteiger partial charge in [0.2, 0.25) is 0 Å². The van der Waals surface area contributed by atoms with Gasteiger partial charge in [-0.05, 0) is 72.5 Å². The number of aromatic nitrogens is 1. The molecule has 0 aliphatic heterocycles. The topological polar surface area (TPSA) is 64.1 Å². The zero-order valence-corrected chi connectivity index (χ0v) is 18.1. The lowest BCUT2D eigenvalue weighted by Crippen LogP contribution is -2.18. The molecular weight excluding hydrogens is 406 g/mol. The Morgan fingerprint density at radius 1 is 1.03 bits per heavy atom. The van der Waals surface area contributed by atoms with Crippen LogP contribution in [0.4, 0.5) is 0 Å². The first-order valence-corrected chi connectivity index (χ1v) is 11.4. The standard InChI is InChI=1S/C23H22ClNO3S/c1-15-12-19(24)6-9-21(15)23(18-4-7-20(8-5-18)29(3,27)28)22(26)14-17-10-11-25-16(2)13-17/h4-13,23H,14H2,1-3H3. The molecule has 0 saturated heterocycles. The summed E-state index contributed by atoms with van der Waals surface area (Å²) in [5.74, 6) is -0.498. The van der Waals surface area contributed by atoms with E-state index in [1.54, 1.807) is 36.5 Å². The molecule has 4 nitrogen and oxygen atoms in total. The van der Waals surface area contributed by atoms with Gasteiger partial charge in [0.15, 0.2) is 9.84 Å². The summed E-state index contributed by atoms with van der Waals surface area (Å²) in [5.41, 5.74) is 4.27. The van der Waals surface area contributed by atoms with Crippen LogP contribution in [0.15, 0.2) is 65.7 Å². The molecule has 1 heterocycles. The number of pyridine rings is 1. The number of hydrogen-bond donors (Lipinski definition) is 0. The number of carbonyl (C=O) groups excluding carboxylic acids is 1. The van der Waals surface area contributed by atoms with Gasteiger partial charge in [-0.3, -0.25) is 9.78 Å². The Morgan fingerprint density at radius 3 is 2.31 bits per heavy atom. The average molecular weight is 428 g/mol. The van der Waals surface area contributed by atoms with Gasteiger partial charge in [0, 0.05) is 29.6 Å². The van der Waals surface area contributed by atoms with Crippen LogP contribution in [0.1, 0.15) is 33.9 Å². The molecule has 1 unspecified atom stereocenters. The van der Waals surface area contributed by atoms with Crippen LogP contribution >= 0.6 is 11.6 Å². The van der Waals surface area contributed by atoms with Gasteiger partial charge in [0.05, 0.1) is 10.8 Å². The van der Waals surface area contributed by atoms with Crippen molar-refractivity contribution < 1.29 is 13.2 Å². The normalized spacial score (nSPS) is 12.6. The number of hydrogen-bond acceptors (Lipinski definition) is 4. The van der Waals surface area contributed by atoms with Crippen molar-refractivity contribution in [3.05, 3.63) is 93.8 Å². The van der Waals surface area contributed by atoms with Crippen LogP contribution in [0, 0.1) is 13.8 Å². The number of ketones is 1. The highest BCUT2D eigenvalue weighted by Crippen LogP contribution is 2.31. The van der Waals surface area contributed by atoms with Crippen LogP contribution in [0.5, 0.6) is 0 Å². The molecule has 29 heavy (non-hydrogen) atoms. The van der Waals surface area contributed by atoms with Gasteiger partial charge >= 0.3 is 0 Å². The maximum Gasteiger partial charge on any atom is 0.175 e. The Morgan fingerprint density at radius 2 is 1.72 bits per heavy atom. The lowest BCUT2D eigenvalue weighted by Gasteiger charge is -2.20. The maximum atomic E-state index is 13.4. The van der Waals surface area contributed by atoms with Gasteiger partial charge in [-0.2, -0.15) is 0 Å². The molecule has 0 N–H and O–H groups in total. The van der Waals surface area contributed by atoms with Crippen molar-refractivity contribution >= 4 is 27.2 Å². The molecule has 0 radical (unpaired) electrons. The van der Waals surface area contributed by atoms with Crippen molar-refractivity contribution in [2.75, 3.05) is 6.26 Å². The van der Waals surface area contributed by atoms with Crippen molar-refractivity contribution in [3.8, 4) is 0 Å².